The second-order valence-corrected chi connectivity index (χ2v) is 3.91. The molecule has 0 aromatic heterocycles. The van der Waals surface area contributed by atoms with E-state index in [1.807, 2.05) is 13.8 Å². The van der Waals surface area contributed by atoms with E-state index in [0.717, 1.165) is 19.4 Å². The molecule has 5 heteroatoms. The molecule has 0 spiro atoms. The molecular weight excluding hydrogens is 219 g/mol. The maximum Gasteiger partial charge on any atom is 0.391 e. The lowest BCUT2D eigenvalue weighted by atomic mass is 10.1. The van der Waals surface area contributed by atoms with Crippen molar-refractivity contribution < 1.29 is 17.9 Å². The van der Waals surface area contributed by atoms with E-state index in [0.29, 0.717) is 0 Å². The number of hydrogen-bond acceptors (Lipinski definition) is 2. The van der Waals surface area contributed by atoms with Gasteiger partial charge < -0.3 is 10.1 Å². The number of nitrogens with one attached hydrogen (secondary N) is 1. The van der Waals surface area contributed by atoms with Gasteiger partial charge in [-0.15, -0.1) is 0 Å². The van der Waals surface area contributed by atoms with Crippen molar-refractivity contribution in [2.24, 2.45) is 0 Å². The molecule has 0 heterocycles. The fourth-order valence-corrected chi connectivity index (χ4v) is 1.45. The summed E-state index contributed by atoms with van der Waals surface area (Å²) in [4.78, 5) is 0. The maximum atomic E-state index is 11.9. The molecule has 0 fully saturated rings. The molecule has 0 aliphatic heterocycles. The average Bonchev–Trinajstić information content (AvgIpc) is 2.17. The topological polar surface area (TPSA) is 21.3 Å². The van der Waals surface area contributed by atoms with E-state index < -0.39 is 12.6 Å². The molecule has 2 nitrogen and oxygen atoms in total. The number of halogens is 3. The van der Waals surface area contributed by atoms with E-state index in [-0.39, 0.29) is 18.8 Å². The van der Waals surface area contributed by atoms with Crippen LogP contribution in [0.3, 0.4) is 0 Å². The van der Waals surface area contributed by atoms with Gasteiger partial charge in [0.2, 0.25) is 0 Å². The molecule has 0 aromatic carbocycles. The predicted molar refractivity (Wildman–Crippen MR) is 58.5 cm³/mol. The van der Waals surface area contributed by atoms with Crippen LogP contribution in [0, 0.1) is 0 Å². The molecule has 2 unspecified atom stereocenters. The van der Waals surface area contributed by atoms with Crippen LogP contribution >= 0.6 is 0 Å². The van der Waals surface area contributed by atoms with Gasteiger partial charge in [0.25, 0.3) is 0 Å². The molecule has 0 saturated heterocycles. The van der Waals surface area contributed by atoms with Crippen molar-refractivity contribution in [1.82, 2.24) is 5.32 Å². The number of hydrogen-bond donors (Lipinski definition) is 1. The van der Waals surface area contributed by atoms with E-state index >= 15 is 0 Å². The number of rotatable bonds is 8. The summed E-state index contributed by atoms with van der Waals surface area (Å²) in [6.07, 6.45) is -3.32. The Hall–Kier alpha value is -0.290. The normalized spacial score (nSPS) is 16.1. The van der Waals surface area contributed by atoms with Crippen molar-refractivity contribution in [3.05, 3.63) is 0 Å². The van der Waals surface area contributed by atoms with Crippen LogP contribution in [0.5, 0.6) is 0 Å². The van der Waals surface area contributed by atoms with Gasteiger partial charge in [0.05, 0.1) is 19.1 Å². The molecule has 0 aliphatic rings. The lowest BCUT2D eigenvalue weighted by Crippen LogP contribution is -2.40. The van der Waals surface area contributed by atoms with Crippen molar-refractivity contribution in [3.8, 4) is 0 Å². The molecule has 0 saturated carbocycles. The van der Waals surface area contributed by atoms with Crippen LogP contribution in [0.1, 0.15) is 40.0 Å². The third-order valence-electron chi connectivity index (χ3n) is 2.43. The monoisotopic (exact) mass is 241 g/mol. The Morgan fingerprint density at radius 1 is 1.25 bits per heavy atom. The predicted octanol–water partition coefficient (Wildman–Crippen LogP) is 3.12. The van der Waals surface area contributed by atoms with Crippen LogP contribution in [-0.2, 0) is 4.74 Å². The summed E-state index contributed by atoms with van der Waals surface area (Å²) in [6, 6.07) is 0.133. The first-order chi connectivity index (χ1) is 7.40. The molecule has 2 atom stereocenters. The fraction of sp³-hybridized carbons (Fsp3) is 1.00. The smallest absolute Gasteiger partial charge is 0.377 e. The molecule has 0 aromatic rings. The van der Waals surface area contributed by atoms with Crippen LogP contribution in [-0.4, -0.2) is 31.5 Å². The van der Waals surface area contributed by atoms with E-state index in [1.54, 1.807) is 0 Å². The molecule has 0 rings (SSSR count). The summed E-state index contributed by atoms with van der Waals surface area (Å²) < 4.78 is 40.9. The Morgan fingerprint density at radius 2 is 1.88 bits per heavy atom. The van der Waals surface area contributed by atoms with Gasteiger partial charge in [-0.3, -0.25) is 0 Å². The van der Waals surface area contributed by atoms with Crippen LogP contribution in [0.25, 0.3) is 0 Å². The zero-order chi connectivity index (χ0) is 12.6. The first kappa shape index (κ1) is 15.7. The van der Waals surface area contributed by atoms with Crippen molar-refractivity contribution in [1.29, 1.82) is 0 Å². The van der Waals surface area contributed by atoms with Crippen molar-refractivity contribution in [3.63, 3.8) is 0 Å². The van der Waals surface area contributed by atoms with Gasteiger partial charge in [-0.25, -0.2) is 0 Å². The van der Waals surface area contributed by atoms with E-state index in [9.17, 15) is 13.2 Å². The molecule has 16 heavy (non-hydrogen) atoms. The highest BCUT2D eigenvalue weighted by Gasteiger charge is 2.27. The molecule has 1 N–H and O–H groups in total. The number of alkyl halides is 3. The zero-order valence-electron chi connectivity index (χ0n) is 10.2. The third kappa shape index (κ3) is 7.93. The molecule has 98 valence electrons. The highest BCUT2D eigenvalue weighted by Crippen LogP contribution is 2.19. The lowest BCUT2D eigenvalue weighted by molar-refractivity contribution is -0.149. The third-order valence-corrected chi connectivity index (χ3v) is 2.43. The summed E-state index contributed by atoms with van der Waals surface area (Å²) in [5, 5.41) is 3.26. The molecular formula is C11H22F3NO. The average molecular weight is 241 g/mol. The summed E-state index contributed by atoms with van der Waals surface area (Å²) >= 11 is 0. The first-order valence-electron chi connectivity index (χ1n) is 5.82. The zero-order valence-corrected chi connectivity index (χ0v) is 10.2. The summed E-state index contributed by atoms with van der Waals surface area (Å²) in [6.45, 7) is 6.47. The van der Waals surface area contributed by atoms with E-state index in [2.05, 4.69) is 12.2 Å². The Kier molecular flexibility index (Phi) is 7.76. The Labute approximate surface area is 95.5 Å². The largest absolute Gasteiger partial charge is 0.391 e. The van der Waals surface area contributed by atoms with Crippen LogP contribution < -0.4 is 5.32 Å². The van der Waals surface area contributed by atoms with Gasteiger partial charge in [-0.05, 0) is 26.3 Å². The summed E-state index contributed by atoms with van der Waals surface area (Å²) in [5.41, 5.74) is 0. The molecule has 0 bridgehead atoms. The number of ether oxygens (including phenoxy) is 1. The molecule has 0 aliphatic carbocycles. The molecule has 0 radical (unpaired) electrons. The van der Waals surface area contributed by atoms with Gasteiger partial charge in [0.1, 0.15) is 0 Å². The fourth-order valence-electron chi connectivity index (χ4n) is 1.45. The highest BCUT2D eigenvalue weighted by atomic mass is 19.4. The van der Waals surface area contributed by atoms with Crippen LogP contribution in [0.15, 0.2) is 0 Å². The second kappa shape index (κ2) is 7.90. The molecule has 0 amide bonds. The Morgan fingerprint density at radius 3 is 2.31 bits per heavy atom. The van der Waals surface area contributed by atoms with Gasteiger partial charge in [-0.1, -0.05) is 13.8 Å². The van der Waals surface area contributed by atoms with Crippen molar-refractivity contribution in [2.75, 3.05) is 13.2 Å². The van der Waals surface area contributed by atoms with Crippen molar-refractivity contribution >= 4 is 0 Å². The van der Waals surface area contributed by atoms with Crippen molar-refractivity contribution in [2.45, 2.75) is 58.4 Å². The van der Waals surface area contributed by atoms with E-state index in [4.69, 9.17) is 4.74 Å². The van der Waals surface area contributed by atoms with Gasteiger partial charge in [0, 0.05) is 6.04 Å². The SMILES string of the molecule is CCCNC(CC)C(C)OCCC(F)(F)F. The summed E-state index contributed by atoms with van der Waals surface area (Å²) in [5.74, 6) is 0. The minimum atomic E-state index is -4.13. The Balaban J connectivity index is 3.79. The lowest BCUT2D eigenvalue weighted by Gasteiger charge is -2.24. The second-order valence-electron chi connectivity index (χ2n) is 3.91. The maximum absolute atomic E-state index is 11.9. The first-order valence-corrected chi connectivity index (χ1v) is 5.82. The summed E-state index contributed by atoms with van der Waals surface area (Å²) in [7, 11) is 0. The van der Waals surface area contributed by atoms with Crippen LogP contribution in [0.4, 0.5) is 13.2 Å². The Bertz CT molecular complexity index is 173. The van der Waals surface area contributed by atoms with Gasteiger partial charge in [0.15, 0.2) is 0 Å². The minimum absolute atomic E-state index is 0.133. The highest BCUT2D eigenvalue weighted by molar-refractivity contribution is 4.72. The minimum Gasteiger partial charge on any atom is -0.377 e. The van der Waals surface area contributed by atoms with Gasteiger partial charge >= 0.3 is 6.18 Å². The quantitative estimate of drug-likeness (QED) is 0.705. The van der Waals surface area contributed by atoms with Gasteiger partial charge in [-0.2, -0.15) is 13.2 Å². The standard InChI is InChI=1S/C11H22F3NO/c1-4-7-15-10(5-2)9(3)16-8-6-11(12,13)14/h9-10,15H,4-8H2,1-3H3. The van der Waals surface area contributed by atoms with Crippen LogP contribution in [0.2, 0.25) is 0 Å². The van der Waals surface area contributed by atoms with E-state index in [1.165, 1.54) is 0 Å².